The Morgan fingerprint density at radius 1 is 1.58 bits per heavy atom. The fourth-order valence-corrected chi connectivity index (χ4v) is 2.37. The Hall–Kier alpha value is -1.46. The van der Waals surface area contributed by atoms with Gasteiger partial charge in [0, 0.05) is 11.7 Å². The number of nitrogens with zero attached hydrogens (tertiary/aromatic N) is 1. The van der Waals surface area contributed by atoms with Gasteiger partial charge in [-0.25, -0.2) is 4.39 Å². The van der Waals surface area contributed by atoms with Crippen LogP contribution in [0.1, 0.15) is 18.4 Å². The number of benzene rings is 1. The zero-order valence-corrected chi connectivity index (χ0v) is 11.0. The number of carbonyl (C=O) groups excluding carboxylic acids is 1. The third-order valence-corrected chi connectivity index (χ3v) is 3.51. The number of rotatable bonds is 4. The maximum absolute atomic E-state index is 13.4. The minimum absolute atomic E-state index is 0.0699. The number of halogens is 1. The molecule has 2 N–H and O–H groups in total. The quantitative estimate of drug-likeness (QED) is 0.869. The third kappa shape index (κ3) is 3.52. The largest absolute Gasteiger partial charge is 0.395 e. The van der Waals surface area contributed by atoms with Crippen molar-refractivity contribution >= 4 is 11.6 Å². The van der Waals surface area contributed by atoms with Gasteiger partial charge in [0.25, 0.3) is 0 Å². The van der Waals surface area contributed by atoms with Crippen molar-refractivity contribution in [2.45, 2.75) is 25.8 Å². The molecule has 0 bridgehead atoms. The van der Waals surface area contributed by atoms with E-state index >= 15 is 0 Å². The SMILES string of the molecule is Cc1ccc(NC(=O)CN2CCC[C@H]2CO)cc1F. The third-order valence-electron chi connectivity index (χ3n) is 3.51. The lowest BCUT2D eigenvalue weighted by atomic mass is 10.2. The maximum atomic E-state index is 13.4. The van der Waals surface area contributed by atoms with Crippen LogP contribution in [-0.4, -0.2) is 41.7 Å². The first-order chi connectivity index (χ1) is 9.10. The van der Waals surface area contributed by atoms with E-state index in [1.165, 1.54) is 6.07 Å². The molecule has 5 heteroatoms. The van der Waals surface area contributed by atoms with Crippen molar-refractivity contribution in [1.82, 2.24) is 4.90 Å². The summed E-state index contributed by atoms with van der Waals surface area (Å²) in [6.45, 7) is 2.81. The second kappa shape index (κ2) is 6.12. The molecule has 1 heterocycles. The number of aliphatic hydroxyl groups is 1. The number of amides is 1. The predicted molar refractivity (Wildman–Crippen MR) is 71.4 cm³/mol. The van der Waals surface area contributed by atoms with Gasteiger partial charge in [-0.15, -0.1) is 0 Å². The molecule has 1 aliphatic heterocycles. The van der Waals surface area contributed by atoms with E-state index in [1.54, 1.807) is 19.1 Å². The molecule has 1 saturated heterocycles. The second-order valence-corrected chi connectivity index (χ2v) is 4.96. The molecule has 1 atom stereocenters. The number of carbonyl (C=O) groups is 1. The van der Waals surface area contributed by atoms with Gasteiger partial charge >= 0.3 is 0 Å². The minimum Gasteiger partial charge on any atom is -0.395 e. The zero-order chi connectivity index (χ0) is 13.8. The normalized spacial score (nSPS) is 19.6. The summed E-state index contributed by atoms with van der Waals surface area (Å²) in [6, 6.07) is 4.71. The molecule has 4 nitrogen and oxygen atoms in total. The van der Waals surface area contributed by atoms with Crippen molar-refractivity contribution in [2.24, 2.45) is 0 Å². The van der Waals surface area contributed by atoms with Crippen molar-refractivity contribution < 1.29 is 14.3 Å². The van der Waals surface area contributed by atoms with E-state index in [0.29, 0.717) is 11.3 Å². The van der Waals surface area contributed by atoms with Crippen LogP contribution >= 0.6 is 0 Å². The van der Waals surface area contributed by atoms with E-state index in [4.69, 9.17) is 0 Å². The standard InChI is InChI=1S/C14H19FN2O2/c1-10-4-5-11(7-13(10)15)16-14(19)8-17-6-2-3-12(17)9-18/h4-5,7,12,18H,2-3,6,8-9H2,1H3,(H,16,19)/t12-/m0/s1. The lowest BCUT2D eigenvalue weighted by Crippen LogP contribution is -2.38. The Bertz CT molecular complexity index is 465. The van der Waals surface area contributed by atoms with E-state index in [-0.39, 0.29) is 30.9 Å². The van der Waals surface area contributed by atoms with E-state index in [1.807, 2.05) is 4.90 Å². The monoisotopic (exact) mass is 266 g/mol. The van der Waals surface area contributed by atoms with E-state index in [0.717, 1.165) is 19.4 Å². The van der Waals surface area contributed by atoms with Gasteiger partial charge < -0.3 is 10.4 Å². The van der Waals surface area contributed by atoms with Gasteiger partial charge in [0.15, 0.2) is 0 Å². The average molecular weight is 266 g/mol. The molecule has 1 aromatic rings. The molecule has 1 fully saturated rings. The molecule has 19 heavy (non-hydrogen) atoms. The van der Waals surface area contributed by atoms with Crippen molar-refractivity contribution in [3.63, 3.8) is 0 Å². The fraction of sp³-hybridized carbons (Fsp3) is 0.500. The number of likely N-dealkylation sites (tertiary alicyclic amines) is 1. The van der Waals surface area contributed by atoms with Gasteiger partial charge in [-0.3, -0.25) is 9.69 Å². The molecule has 0 aliphatic carbocycles. The Balaban J connectivity index is 1.92. The zero-order valence-electron chi connectivity index (χ0n) is 11.0. The highest BCUT2D eigenvalue weighted by atomic mass is 19.1. The molecular weight excluding hydrogens is 247 g/mol. The van der Waals surface area contributed by atoms with Crippen molar-refractivity contribution in [2.75, 3.05) is 25.0 Å². The van der Waals surface area contributed by atoms with E-state index in [2.05, 4.69) is 5.32 Å². The summed E-state index contributed by atoms with van der Waals surface area (Å²) in [7, 11) is 0. The summed E-state index contributed by atoms with van der Waals surface area (Å²) in [5.41, 5.74) is 1.02. The van der Waals surface area contributed by atoms with Crippen LogP contribution in [0.3, 0.4) is 0 Å². The first-order valence-electron chi connectivity index (χ1n) is 6.51. The Kier molecular flexibility index (Phi) is 4.50. The Morgan fingerprint density at radius 2 is 2.37 bits per heavy atom. The van der Waals surface area contributed by atoms with E-state index < -0.39 is 0 Å². The number of hydrogen-bond donors (Lipinski definition) is 2. The summed E-state index contributed by atoms with van der Waals surface area (Å²) in [6.07, 6.45) is 1.92. The molecule has 1 aliphatic rings. The van der Waals surface area contributed by atoms with Crippen LogP contribution in [0, 0.1) is 12.7 Å². The lowest BCUT2D eigenvalue weighted by Gasteiger charge is -2.21. The first-order valence-corrected chi connectivity index (χ1v) is 6.51. The Labute approximate surface area is 112 Å². The highest BCUT2D eigenvalue weighted by molar-refractivity contribution is 5.92. The molecule has 1 amide bonds. The topological polar surface area (TPSA) is 52.6 Å². The van der Waals surface area contributed by atoms with Crippen LogP contribution in [0.25, 0.3) is 0 Å². The van der Waals surface area contributed by atoms with Crippen LogP contribution in [0.15, 0.2) is 18.2 Å². The number of aryl methyl sites for hydroxylation is 1. The van der Waals surface area contributed by atoms with Crippen LogP contribution in [0.4, 0.5) is 10.1 Å². The summed E-state index contributed by atoms with van der Waals surface area (Å²) >= 11 is 0. The summed E-state index contributed by atoms with van der Waals surface area (Å²) in [4.78, 5) is 13.8. The molecular formula is C14H19FN2O2. The van der Waals surface area contributed by atoms with Gasteiger partial charge in [0.2, 0.25) is 5.91 Å². The minimum atomic E-state index is -0.327. The molecule has 2 rings (SSSR count). The first kappa shape index (κ1) is 14.0. The summed E-state index contributed by atoms with van der Waals surface area (Å²) in [5, 5.41) is 11.9. The molecule has 0 spiro atoms. The van der Waals surface area contributed by atoms with E-state index in [9.17, 15) is 14.3 Å². The van der Waals surface area contributed by atoms with Gasteiger partial charge in [-0.1, -0.05) is 6.07 Å². The smallest absolute Gasteiger partial charge is 0.238 e. The highest BCUT2D eigenvalue weighted by Crippen LogP contribution is 2.17. The summed E-state index contributed by atoms with van der Waals surface area (Å²) < 4.78 is 13.4. The van der Waals surface area contributed by atoms with Gasteiger partial charge in [0.1, 0.15) is 5.82 Å². The average Bonchev–Trinajstić information content (AvgIpc) is 2.81. The van der Waals surface area contributed by atoms with Crippen LogP contribution in [0.2, 0.25) is 0 Å². The maximum Gasteiger partial charge on any atom is 0.238 e. The van der Waals surface area contributed by atoms with Gasteiger partial charge in [-0.2, -0.15) is 0 Å². The van der Waals surface area contributed by atoms with Gasteiger partial charge in [0.05, 0.1) is 13.2 Å². The van der Waals surface area contributed by atoms with Crippen LogP contribution in [-0.2, 0) is 4.79 Å². The fourth-order valence-electron chi connectivity index (χ4n) is 2.37. The van der Waals surface area contributed by atoms with Crippen LogP contribution < -0.4 is 5.32 Å². The molecule has 0 unspecified atom stereocenters. The molecule has 0 aromatic heterocycles. The molecule has 0 radical (unpaired) electrons. The molecule has 0 saturated carbocycles. The predicted octanol–water partition coefficient (Wildman–Crippen LogP) is 1.53. The highest BCUT2D eigenvalue weighted by Gasteiger charge is 2.25. The number of hydrogen-bond acceptors (Lipinski definition) is 3. The second-order valence-electron chi connectivity index (χ2n) is 4.96. The Morgan fingerprint density at radius 3 is 3.05 bits per heavy atom. The van der Waals surface area contributed by atoms with Crippen LogP contribution in [0.5, 0.6) is 0 Å². The number of anilines is 1. The van der Waals surface area contributed by atoms with Gasteiger partial charge in [-0.05, 0) is 44.0 Å². The molecule has 1 aromatic carbocycles. The number of aliphatic hydroxyl groups excluding tert-OH is 1. The van der Waals surface area contributed by atoms with Crippen molar-refractivity contribution in [1.29, 1.82) is 0 Å². The van der Waals surface area contributed by atoms with Crippen molar-refractivity contribution in [3.8, 4) is 0 Å². The summed E-state index contributed by atoms with van der Waals surface area (Å²) in [5.74, 6) is -0.504. The molecule has 104 valence electrons. The van der Waals surface area contributed by atoms with Crippen molar-refractivity contribution in [3.05, 3.63) is 29.6 Å². The number of nitrogens with one attached hydrogen (secondary N) is 1. The lowest BCUT2D eigenvalue weighted by molar-refractivity contribution is -0.117.